The van der Waals surface area contributed by atoms with Gasteiger partial charge in [-0.25, -0.2) is 4.98 Å². The molecule has 0 aliphatic heterocycles. The summed E-state index contributed by atoms with van der Waals surface area (Å²) in [6.07, 6.45) is 3.71. The fourth-order valence-corrected chi connectivity index (χ4v) is 3.08. The number of carbonyl (C=O) groups is 1. The Balaban J connectivity index is 1.97. The van der Waals surface area contributed by atoms with E-state index in [9.17, 15) is 4.79 Å². The summed E-state index contributed by atoms with van der Waals surface area (Å²) in [5.74, 6) is -0.417. The molecule has 1 saturated carbocycles. The lowest BCUT2D eigenvalue weighted by Crippen LogP contribution is -2.50. The first kappa shape index (κ1) is 11.5. The molecule has 16 heavy (non-hydrogen) atoms. The fourth-order valence-electron chi connectivity index (χ4n) is 1.88. The van der Waals surface area contributed by atoms with Crippen LogP contribution in [0.3, 0.4) is 0 Å². The van der Waals surface area contributed by atoms with Gasteiger partial charge in [0.15, 0.2) is 0 Å². The smallest absolute Gasteiger partial charge is 0.256 e. The quantitative estimate of drug-likeness (QED) is 0.816. The number of thioether (sulfide) groups is 1. The largest absolute Gasteiger partial charge is 0.440 e. The van der Waals surface area contributed by atoms with Crippen molar-refractivity contribution >= 4 is 17.7 Å². The van der Waals surface area contributed by atoms with Crippen molar-refractivity contribution in [2.75, 3.05) is 0 Å². The number of primary amides is 1. The molecule has 1 amide bonds. The Morgan fingerprint density at radius 3 is 3.00 bits per heavy atom. The molecule has 0 bridgehead atoms. The van der Waals surface area contributed by atoms with E-state index in [2.05, 4.69) is 4.98 Å². The minimum Gasteiger partial charge on any atom is -0.440 e. The lowest BCUT2D eigenvalue weighted by Gasteiger charge is -2.18. The van der Waals surface area contributed by atoms with Crippen molar-refractivity contribution in [3.8, 4) is 0 Å². The first-order valence-corrected chi connectivity index (χ1v) is 6.05. The van der Waals surface area contributed by atoms with Crippen molar-refractivity contribution in [3.05, 3.63) is 12.0 Å². The highest BCUT2D eigenvalue weighted by Gasteiger charge is 2.41. The molecule has 1 fully saturated rings. The van der Waals surface area contributed by atoms with Crippen LogP contribution in [0.15, 0.2) is 15.9 Å². The fraction of sp³-hybridized carbons (Fsp3) is 0.600. The molecule has 1 aliphatic rings. The number of oxazole rings is 1. The van der Waals surface area contributed by atoms with Gasteiger partial charge in [-0.3, -0.25) is 4.79 Å². The highest BCUT2D eigenvalue weighted by molar-refractivity contribution is 7.99. The minimum absolute atomic E-state index is 0.260. The van der Waals surface area contributed by atoms with Crippen LogP contribution in [-0.2, 0) is 4.79 Å². The van der Waals surface area contributed by atoms with Gasteiger partial charge in [0.1, 0.15) is 6.26 Å². The standard InChI is InChI=1S/C10H15N3O2S/c1-6-5-15-9(13-6)16-7-2-3-10(12,4-7)8(11)14/h5,7H,2-4,12H2,1H3,(H2,11,14). The summed E-state index contributed by atoms with van der Waals surface area (Å²) in [6.45, 7) is 1.87. The third-order valence-corrected chi connectivity index (χ3v) is 3.99. The van der Waals surface area contributed by atoms with E-state index < -0.39 is 11.4 Å². The predicted octanol–water partition coefficient (Wildman–Crippen LogP) is 0.810. The molecule has 1 aromatic heterocycles. The molecule has 2 atom stereocenters. The molecule has 4 N–H and O–H groups in total. The van der Waals surface area contributed by atoms with Gasteiger partial charge < -0.3 is 15.9 Å². The molecule has 0 spiro atoms. The van der Waals surface area contributed by atoms with Crippen molar-refractivity contribution in [2.45, 2.75) is 42.2 Å². The Morgan fingerprint density at radius 1 is 1.75 bits per heavy atom. The average Bonchev–Trinajstić information content (AvgIpc) is 2.75. The van der Waals surface area contributed by atoms with Gasteiger partial charge >= 0.3 is 0 Å². The zero-order valence-electron chi connectivity index (χ0n) is 9.10. The second-order valence-electron chi connectivity index (χ2n) is 4.26. The minimum atomic E-state index is -0.848. The third kappa shape index (κ3) is 2.22. The number of rotatable bonds is 3. The van der Waals surface area contributed by atoms with E-state index in [1.165, 1.54) is 11.8 Å². The Hall–Kier alpha value is -1.01. The van der Waals surface area contributed by atoms with Crippen LogP contribution in [0.4, 0.5) is 0 Å². The second kappa shape index (κ2) is 4.10. The highest BCUT2D eigenvalue weighted by atomic mass is 32.2. The maximum Gasteiger partial charge on any atom is 0.256 e. The molecule has 6 heteroatoms. The molecule has 1 aliphatic carbocycles. The van der Waals surface area contributed by atoms with Gasteiger partial charge in [0.25, 0.3) is 5.22 Å². The van der Waals surface area contributed by atoms with Crippen LogP contribution in [0.1, 0.15) is 25.0 Å². The normalized spacial score (nSPS) is 29.5. The van der Waals surface area contributed by atoms with E-state index in [1.807, 2.05) is 6.92 Å². The first-order chi connectivity index (χ1) is 7.49. The van der Waals surface area contributed by atoms with Crippen LogP contribution in [0.5, 0.6) is 0 Å². The van der Waals surface area contributed by atoms with Crippen LogP contribution in [0.25, 0.3) is 0 Å². The third-order valence-electron chi connectivity index (χ3n) is 2.86. The molecule has 5 nitrogen and oxygen atoms in total. The summed E-state index contributed by atoms with van der Waals surface area (Å²) in [6, 6.07) is 0. The van der Waals surface area contributed by atoms with E-state index in [1.54, 1.807) is 6.26 Å². The Morgan fingerprint density at radius 2 is 2.50 bits per heavy atom. The van der Waals surface area contributed by atoms with E-state index in [0.717, 1.165) is 12.1 Å². The number of aryl methyl sites for hydroxylation is 1. The molecule has 1 heterocycles. The summed E-state index contributed by atoms with van der Waals surface area (Å²) >= 11 is 1.53. The summed E-state index contributed by atoms with van der Waals surface area (Å²) < 4.78 is 5.25. The van der Waals surface area contributed by atoms with Crippen molar-refractivity contribution in [2.24, 2.45) is 11.5 Å². The molecular weight excluding hydrogens is 226 g/mol. The highest BCUT2D eigenvalue weighted by Crippen LogP contribution is 2.38. The number of aromatic nitrogens is 1. The van der Waals surface area contributed by atoms with E-state index in [0.29, 0.717) is 18.1 Å². The molecule has 88 valence electrons. The molecular formula is C10H15N3O2S. The van der Waals surface area contributed by atoms with Gasteiger partial charge in [0.05, 0.1) is 11.2 Å². The lowest BCUT2D eigenvalue weighted by atomic mass is 9.99. The van der Waals surface area contributed by atoms with Crippen LogP contribution >= 0.6 is 11.8 Å². The number of amides is 1. The Labute approximate surface area is 98.0 Å². The van der Waals surface area contributed by atoms with Crippen LogP contribution < -0.4 is 11.5 Å². The average molecular weight is 241 g/mol. The molecule has 0 saturated heterocycles. The van der Waals surface area contributed by atoms with Gasteiger partial charge in [-0.05, 0) is 26.2 Å². The monoisotopic (exact) mass is 241 g/mol. The van der Waals surface area contributed by atoms with Crippen LogP contribution in [0, 0.1) is 6.92 Å². The van der Waals surface area contributed by atoms with Crippen molar-refractivity contribution in [3.63, 3.8) is 0 Å². The predicted molar refractivity (Wildman–Crippen MR) is 60.8 cm³/mol. The first-order valence-electron chi connectivity index (χ1n) is 5.17. The molecule has 2 unspecified atom stereocenters. The number of carbonyl (C=O) groups excluding carboxylic acids is 1. The molecule has 2 rings (SSSR count). The van der Waals surface area contributed by atoms with Gasteiger partial charge in [-0.15, -0.1) is 0 Å². The number of nitrogens with two attached hydrogens (primary N) is 2. The number of nitrogens with zero attached hydrogens (tertiary/aromatic N) is 1. The van der Waals surface area contributed by atoms with Crippen LogP contribution in [-0.4, -0.2) is 21.7 Å². The zero-order valence-corrected chi connectivity index (χ0v) is 9.92. The Bertz CT molecular complexity index is 407. The summed E-state index contributed by atoms with van der Waals surface area (Å²) in [5.41, 5.74) is 11.2. The summed E-state index contributed by atoms with van der Waals surface area (Å²) in [4.78, 5) is 15.4. The van der Waals surface area contributed by atoms with E-state index >= 15 is 0 Å². The van der Waals surface area contributed by atoms with E-state index in [-0.39, 0.29) is 5.25 Å². The van der Waals surface area contributed by atoms with E-state index in [4.69, 9.17) is 15.9 Å². The van der Waals surface area contributed by atoms with Crippen LogP contribution in [0.2, 0.25) is 0 Å². The van der Waals surface area contributed by atoms with Crippen molar-refractivity contribution < 1.29 is 9.21 Å². The van der Waals surface area contributed by atoms with Crippen molar-refractivity contribution in [1.82, 2.24) is 4.98 Å². The maximum absolute atomic E-state index is 11.2. The van der Waals surface area contributed by atoms with Gasteiger partial charge in [-0.1, -0.05) is 11.8 Å². The molecule has 1 aromatic rings. The zero-order chi connectivity index (χ0) is 11.8. The number of hydrogen-bond donors (Lipinski definition) is 2. The van der Waals surface area contributed by atoms with Gasteiger partial charge in [-0.2, -0.15) is 0 Å². The summed E-state index contributed by atoms with van der Waals surface area (Å²) in [7, 11) is 0. The number of hydrogen-bond acceptors (Lipinski definition) is 5. The SMILES string of the molecule is Cc1coc(SC2CCC(N)(C(N)=O)C2)n1. The second-order valence-corrected chi connectivity index (χ2v) is 5.51. The van der Waals surface area contributed by atoms with Gasteiger partial charge in [0.2, 0.25) is 5.91 Å². The molecule has 0 radical (unpaired) electrons. The lowest BCUT2D eigenvalue weighted by molar-refractivity contribution is -0.122. The van der Waals surface area contributed by atoms with Crippen molar-refractivity contribution in [1.29, 1.82) is 0 Å². The molecule has 0 aromatic carbocycles. The van der Waals surface area contributed by atoms with Gasteiger partial charge in [0, 0.05) is 5.25 Å². The summed E-state index contributed by atoms with van der Waals surface area (Å²) in [5, 5.41) is 0.895. The maximum atomic E-state index is 11.2. The topological polar surface area (TPSA) is 95.1 Å². The Kier molecular flexibility index (Phi) is 2.94.